The Balaban J connectivity index is 1.52. The second-order valence-corrected chi connectivity index (χ2v) is 6.61. The lowest BCUT2D eigenvalue weighted by Crippen LogP contribution is -2.14. The summed E-state index contributed by atoms with van der Waals surface area (Å²) in [6.45, 7) is 0.458. The van der Waals surface area contributed by atoms with E-state index in [-0.39, 0.29) is 0 Å². The molecule has 0 spiro atoms. The molecule has 2 N–H and O–H groups in total. The van der Waals surface area contributed by atoms with E-state index in [1.165, 1.54) is 11.8 Å². The number of aromatic nitrogens is 3. The van der Waals surface area contributed by atoms with E-state index in [4.69, 9.17) is 33.8 Å². The summed E-state index contributed by atoms with van der Waals surface area (Å²) in [7, 11) is 0. The second kappa shape index (κ2) is 6.34. The van der Waals surface area contributed by atoms with Gasteiger partial charge in [0.2, 0.25) is 5.16 Å². The molecular weight excluding hydrogens is 331 g/mol. The molecule has 0 radical (unpaired) electrons. The van der Waals surface area contributed by atoms with Crippen LogP contribution in [0.1, 0.15) is 24.6 Å². The number of rotatable bonds is 6. The number of ether oxygens (including phenoxy) is 1. The van der Waals surface area contributed by atoms with Gasteiger partial charge in [-0.3, -0.25) is 0 Å². The Hall–Kier alpha value is -1.11. The molecule has 1 saturated carbocycles. The lowest BCUT2D eigenvalue weighted by molar-refractivity contribution is 0.344. The first-order valence-corrected chi connectivity index (χ1v) is 8.31. The molecule has 8 heteroatoms. The predicted octanol–water partition coefficient (Wildman–Crippen LogP) is 3.35. The minimum Gasteiger partial charge on any atom is -0.490 e. The maximum Gasteiger partial charge on any atom is 0.209 e. The standard InChI is InChI=1S/C13H14Cl2N4OS/c14-9-2-1-3-10(15)11(9)20-6-7-21-13-18-17-12(19(13)16)8-4-5-8/h1-3,8H,4-7,16H2. The number of hydrogen-bond donors (Lipinski definition) is 1. The minimum absolute atomic E-state index is 0.458. The molecule has 1 fully saturated rings. The van der Waals surface area contributed by atoms with E-state index >= 15 is 0 Å². The summed E-state index contributed by atoms with van der Waals surface area (Å²) in [5.74, 6) is 8.51. The van der Waals surface area contributed by atoms with Gasteiger partial charge in [0.1, 0.15) is 0 Å². The number of para-hydroxylation sites is 1. The van der Waals surface area contributed by atoms with Crippen LogP contribution in [0.4, 0.5) is 0 Å². The van der Waals surface area contributed by atoms with Crippen LogP contribution in [0, 0.1) is 0 Å². The largest absolute Gasteiger partial charge is 0.490 e. The summed E-state index contributed by atoms with van der Waals surface area (Å²) < 4.78 is 7.19. The van der Waals surface area contributed by atoms with Crippen molar-refractivity contribution >= 4 is 35.0 Å². The summed E-state index contributed by atoms with van der Waals surface area (Å²) in [5, 5.41) is 9.94. The van der Waals surface area contributed by atoms with Gasteiger partial charge in [-0.1, -0.05) is 41.0 Å². The highest BCUT2D eigenvalue weighted by Gasteiger charge is 2.29. The number of thioether (sulfide) groups is 1. The van der Waals surface area contributed by atoms with Crippen molar-refractivity contribution in [1.82, 2.24) is 14.9 Å². The van der Waals surface area contributed by atoms with Crippen LogP contribution in [-0.4, -0.2) is 27.2 Å². The fourth-order valence-electron chi connectivity index (χ4n) is 1.90. The Bertz CT molecular complexity index is 625. The molecule has 0 atom stereocenters. The van der Waals surface area contributed by atoms with Crippen LogP contribution in [0.3, 0.4) is 0 Å². The molecule has 0 amide bonds. The zero-order chi connectivity index (χ0) is 14.8. The van der Waals surface area contributed by atoms with Crippen molar-refractivity contribution in [2.45, 2.75) is 23.9 Å². The normalized spacial score (nSPS) is 14.4. The van der Waals surface area contributed by atoms with Crippen LogP contribution >= 0.6 is 35.0 Å². The van der Waals surface area contributed by atoms with E-state index in [0.29, 0.717) is 39.2 Å². The molecule has 0 bridgehead atoms. The van der Waals surface area contributed by atoms with Crippen LogP contribution in [0.25, 0.3) is 0 Å². The van der Waals surface area contributed by atoms with Gasteiger partial charge in [-0.2, -0.15) is 0 Å². The van der Waals surface area contributed by atoms with E-state index in [2.05, 4.69) is 10.2 Å². The van der Waals surface area contributed by atoms with Crippen molar-refractivity contribution in [3.05, 3.63) is 34.1 Å². The van der Waals surface area contributed by atoms with Gasteiger partial charge in [0, 0.05) is 11.7 Å². The first kappa shape index (κ1) is 14.8. The summed E-state index contributed by atoms with van der Waals surface area (Å²) in [6, 6.07) is 5.27. The van der Waals surface area contributed by atoms with Crippen LogP contribution in [0.15, 0.2) is 23.4 Å². The van der Waals surface area contributed by atoms with Gasteiger partial charge in [-0.15, -0.1) is 10.2 Å². The van der Waals surface area contributed by atoms with Gasteiger partial charge in [0.05, 0.1) is 16.7 Å². The number of halogens is 2. The summed E-state index contributed by atoms with van der Waals surface area (Å²) in [5.41, 5.74) is 0. The third-order valence-corrected chi connectivity index (χ3v) is 4.62. The molecule has 1 aromatic carbocycles. The van der Waals surface area contributed by atoms with Crippen molar-refractivity contribution in [1.29, 1.82) is 0 Å². The first-order valence-electron chi connectivity index (χ1n) is 6.57. The van der Waals surface area contributed by atoms with Gasteiger partial charge in [0.25, 0.3) is 0 Å². The summed E-state index contributed by atoms with van der Waals surface area (Å²) in [4.78, 5) is 0. The molecule has 21 heavy (non-hydrogen) atoms. The van der Waals surface area contributed by atoms with Crippen molar-refractivity contribution < 1.29 is 4.74 Å². The zero-order valence-corrected chi connectivity index (χ0v) is 13.5. The van der Waals surface area contributed by atoms with Crippen molar-refractivity contribution in [3.8, 4) is 5.75 Å². The molecule has 112 valence electrons. The van der Waals surface area contributed by atoms with E-state index in [1.54, 1.807) is 22.9 Å². The number of nitrogens with two attached hydrogens (primary N) is 1. The van der Waals surface area contributed by atoms with Gasteiger partial charge in [-0.05, 0) is 25.0 Å². The quantitative estimate of drug-likeness (QED) is 0.494. The molecule has 1 aliphatic rings. The highest BCUT2D eigenvalue weighted by atomic mass is 35.5. The molecule has 0 aliphatic heterocycles. The Kier molecular flexibility index (Phi) is 4.47. The molecule has 0 saturated heterocycles. The lowest BCUT2D eigenvalue weighted by atomic mass is 10.3. The van der Waals surface area contributed by atoms with Gasteiger partial charge < -0.3 is 10.6 Å². The van der Waals surface area contributed by atoms with E-state index in [9.17, 15) is 0 Å². The third-order valence-electron chi connectivity index (χ3n) is 3.11. The van der Waals surface area contributed by atoms with Gasteiger partial charge in [-0.25, -0.2) is 4.68 Å². The average molecular weight is 345 g/mol. The molecule has 1 heterocycles. The Morgan fingerprint density at radius 3 is 2.67 bits per heavy atom. The summed E-state index contributed by atoms with van der Waals surface area (Å²) >= 11 is 13.6. The maximum absolute atomic E-state index is 6.03. The zero-order valence-electron chi connectivity index (χ0n) is 11.1. The molecule has 2 aromatic rings. The Morgan fingerprint density at radius 1 is 1.29 bits per heavy atom. The van der Waals surface area contributed by atoms with Crippen LogP contribution in [0.2, 0.25) is 10.0 Å². The van der Waals surface area contributed by atoms with E-state index < -0.39 is 0 Å². The highest BCUT2D eigenvalue weighted by Crippen LogP contribution is 2.39. The minimum atomic E-state index is 0.458. The SMILES string of the molecule is Nn1c(SCCOc2c(Cl)cccc2Cl)nnc1C1CC1. The van der Waals surface area contributed by atoms with E-state index in [1.807, 2.05) is 0 Å². The lowest BCUT2D eigenvalue weighted by Gasteiger charge is -2.09. The monoisotopic (exact) mass is 344 g/mol. The molecular formula is C13H14Cl2N4OS. The van der Waals surface area contributed by atoms with Crippen LogP contribution in [0.5, 0.6) is 5.75 Å². The van der Waals surface area contributed by atoms with Crippen molar-refractivity contribution in [2.75, 3.05) is 18.2 Å². The number of nitrogens with zero attached hydrogens (tertiary/aromatic N) is 3. The topological polar surface area (TPSA) is 66.0 Å². The smallest absolute Gasteiger partial charge is 0.209 e. The van der Waals surface area contributed by atoms with Gasteiger partial charge >= 0.3 is 0 Å². The van der Waals surface area contributed by atoms with Crippen LogP contribution < -0.4 is 10.6 Å². The molecule has 1 aromatic heterocycles. The number of hydrogen-bond acceptors (Lipinski definition) is 5. The number of benzene rings is 1. The molecule has 1 aliphatic carbocycles. The van der Waals surface area contributed by atoms with Gasteiger partial charge in [0.15, 0.2) is 11.6 Å². The third kappa shape index (κ3) is 3.39. The summed E-state index contributed by atoms with van der Waals surface area (Å²) in [6.07, 6.45) is 2.29. The molecule has 5 nitrogen and oxygen atoms in total. The predicted molar refractivity (Wildman–Crippen MR) is 84.8 cm³/mol. The number of nitrogen functional groups attached to an aromatic ring is 1. The fourth-order valence-corrected chi connectivity index (χ4v) is 3.09. The first-order chi connectivity index (χ1) is 10.2. The molecule has 0 unspecified atom stereocenters. The molecule has 3 rings (SSSR count). The Morgan fingerprint density at radius 2 is 2.00 bits per heavy atom. The van der Waals surface area contributed by atoms with Crippen molar-refractivity contribution in [3.63, 3.8) is 0 Å². The van der Waals surface area contributed by atoms with Crippen molar-refractivity contribution in [2.24, 2.45) is 0 Å². The highest BCUT2D eigenvalue weighted by molar-refractivity contribution is 7.99. The van der Waals surface area contributed by atoms with Crippen LogP contribution in [-0.2, 0) is 0 Å². The van der Waals surface area contributed by atoms with E-state index in [0.717, 1.165) is 18.7 Å². The Labute approximate surface area is 136 Å². The maximum atomic E-state index is 6.03. The fraction of sp³-hybridized carbons (Fsp3) is 0.385. The second-order valence-electron chi connectivity index (χ2n) is 4.73. The average Bonchev–Trinajstić information content (AvgIpc) is 3.23.